The highest BCUT2D eigenvalue weighted by atomic mass is 32.2. The molecule has 9 heteroatoms. The van der Waals surface area contributed by atoms with Crippen molar-refractivity contribution >= 4 is 23.1 Å². The van der Waals surface area contributed by atoms with Gasteiger partial charge in [-0.05, 0) is 23.9 Å². The first-order valence-electron chi connectivity index (χ1n) is 4.49. The molecule has 0 unspecified atom stereocenters. The molecule has 2 rings (SSSR count). The third kappa shape index (κ3) is 2.34. The minimum absolute atomic E-state index is 0.0867. The van der Waals surface area contributed by atoms with Crippen molar-refractivity contribution in [2.24, 2.45) is 5.84 Å². The minimum Gasteiger partial charge on any atom is -0.318 e. The number of H-pyrrole nitrogens is 1. The average Bonchev–Trinajstić information content (AvgIpc) is 2.81. The Hall–Kier alpha value is -2.13. The number of aromatic nitrogens is 3. The molecule has 2 aromatic rings. The number of nitro benzene ring substituents is 1. The van der Waals surface area contributed by atoms with Gasteiger partial charge in [-0.1, -0.05) is 6.07 Å². The second kappa shape index (κ2) is 4.80. The summed E-state index contributed by atoms with van der Waals surface area (Å²) >= 11 is 1.11. The highest BCUT2D eigenvalue weighted by Crippen LogP contribution is 2.37. The number of benzene rings is 1. The molecular weight excluding hydrogens is 244 g/mol. The standard InChI is InChI=1S/C8H8N6O2S/c9-12-5-2-1-3-6(7(5)14(15)16)17-8-10-4-11-13-8/h1-4,12H,9H2,(H,10,11,13). The first-order chi connectivity index (χ1) is 8.22. The molecule has 88 valence electrons. The highest BCUT2D eigenvalue weighted by Gasteiger charge is 2.20. The third-order valence-electron chi connectivity index (χ3n) is 1.94. The lowest BCUT2D eigenvalue weighted by molar-refractivity contribution is -0.386. The molecule has 0 spiro atoms. The molecule has 0 aliphatic carbocycles. The van der Waals surface area contributed by atoms with Crippen LogP contribution in [0.25, 0.3) is 0 Å². The number of aromatic amines is 1. The summed E-state index contributed by atoms with van der Waals surface area (Å²) in [5, 5.41) is 17.7. The van der Waals surface area contributed by atoms with Crippen LogP contribution in [0.2, 0.25) is 0 Å². The quantitative estimate of drug-likeness (QED) is 0.423. The van der Waals surface area contributed by atoms with E-state index in [0.29, 0.717) is 10.1 Å². The van der Waals surface area contributed by atoms with E-state index in [1.54, 1.807) is 12.1 Å². The number of nitro groups is 1. The average molecular weight is 252 g/mol. The summed E-state index contributed by atoms with van der Waals surface area (Å²) in [4.78, 5) is 14.8. The molecule has 0 saturated heterocycles. The van der Waals surface area contributed by atoms with Crippen LogP contribution in [0.15, 0.2) is 34.6 Å². The van der Waals surface area contributed by atoms with Crippen molar-refractivity contribution in [3.05, 3.63) is 34.6 Å². The van der Waals surface area contributed by atoms with Crippen molar-refractivity contribution in [3.8, 4) is 0 Å². The van der Waals surface area contributed by atoms with Crippen LogP contribution in [-0.4, -0.2) is 20.1 Å². The van der Waals surface area contributed by atoms with Gasteiger partial charge in [-0.2, -0.15) is 5.10 Å². The fourth-order valence-corrected chi connectivity index (χ4v) is 2.09. The number of hydrogen-bond acceptors (Lipinski definition) is 7. The zero-order valence-corrected chi connectivity index (χ0v) is 9.27. The number of anilines is 1. The Labute approximate surface area is 99.7 Å². The Balaban J connectivity index is 2.42. The van der Waals surface area contributed by atoms with E-state index in [1.807, 2.05) is 0 Å². The number of nitrogens with zero attached hydrogens (tertiary/aromatic N) is 3. The summed E-state index contributed by atoms with van der Waals surface area (Å²) in [5.41, 5.74) is 2.46. The Bertz CT molecular complexity index is 529. The predicted molar refractivity (Wildman–Crippen MR) is 61.4 cm³/mol. The fraction of sp³-hybridized carbons (Fsp3) is 0. The molecule has 4 N–H and O–H groups in total. The third-order valence-corrected chi connectivity index (χ3v) is 2.88. The van der Waals surface area contributed by atoms with Crippen LogP contribution in [-0.2, 0) is 0 Å². The molecule has 17 heavy (non-hydrogen) atoms. The molecule has 1 aromatic carbocycles. The number of hydrazine groups is 1. The van der Waals surface area contributed by atoms with Crippen LogP contribution in [0.3, 0.4) is 0 Å². The van der Waals surface area contributed by atoms with E-state index in [0.717, 1.165) is 11.8 Å². The van der Waals surface area contributed by atoms with E-state index in [1.165, 1.54) is 12.4 Å². The molecular formula is C8H8N6O2S. The van der Waals surface area contributed by atoms with Crippen molar-refractivity contribution in [1.82, 2.24) is 15.2 Å². The van der Waals surface area contributed by atoms with E-state index >= 15 is 0 Å². The van der Waals surface area contributed by atoms with Gasteiger partial charge in [0.1, 0.15) is 12.0 Å². The summed E-state index contributed by atoms with van der Waals surface area (Å²) < 4.78 is 0. The Morgan fingerprint density at radius 3 is 2.94 bits per heavy atom. The number of nitrogens with two attached hydrogens (primary N) is 1. The lowest BCUT2D eigenvalue weighted by atomic mass is 10.3. The van der Waals surface area contributed by atoms with Crippen LogP contribution in [0, 0.1) is 10.1 Å². The molecule has 8 nitrogen and oxygen atoms in total. The van der Waals surface area contributed by atoms with Crippen molar-refractivity contribution in [2.45, 2.75) is 10.1 Å². The summed E-state index contributed by atoms with van der Waals surface area (Å²) in [7, 11) is 0. The zero-order valence-electron chi connectivity index (χ0n) is 8.45. The van der Waals surface area contributed by atoms with E-state index in [-0.39, 0.29) is 11.4 Å². The van der Waals surface area contributed by atoms with Gasteiger partial charge in [0.15, 0.2) is 5.16 Å². The maximum atomic E-state index is 11.0. The summed E-state index contributed by atoms with van der Waals surface area (Å²) in [6.07, 6.45) is 1.33. The Kier molecular flexibility index (Phi) is 3.21. The lowest BCUT2D eigenvalue weighted by Crippen LogP contribution is -2.09. The Morgan fingerprint density at radius 1 is 1.53 bits per heavy atom. The fourth-order valence-electron chi connectivity index (χ4n) is 1.26. The molecule has 0 bridgehead atoms. The second-order valence-corrected chi connectivity index (χ2v) is 3.98. The molecule has 0 saturated carbocycles. The maximum Gasteiger partial charge on any atom is 0.307 e. The summed E-state index contributed by atoms with van der Waals surface area (Å²) in [5.74, 6) is 5.23. The summed E-state index contributed by atoms with van der Waals surface area (Å²) in [6.45, 7) is 0. The van der Waals surface area contributed by atoms with Gasteiger partial charge in [0.25, 0.3) is 0 Å². The van der Waals surface area contributed by atoms with Gasteiger partial charge in [-0.3, -0.25) is 21.1 Å². The van der Waals surface area contributed by atoms with Crippen molar-refractivity contribution in [2.75, 3.05) is 5.43 Å². The van der Waals surface area contributed by atoms with Gasteiger partial charge in [0.05, 0.1) is 9.82 Å². The topological polar surface area (TPSA) is 123 Å². The van der Waals surface area contributed by atoms with Gasteiger partial charge >= 0.3 is 5.69 Å². The molecule has 0 amide bonds. The SMILES string of the molecule is NNc1cccc(Sc2ncn[nH]2)c1[N+](=O)[O-]. The molecule has 0 aliphatic heterocycles. The molecule has 0 radical (unpaired) electrons. The van der Waals surface area contributed by atoms with Crippen LogP contribution in [0.1, 0.15) is 0 Å². The molecule has 1 heterocycles. The minimum atomic E-state index is -0.492. The van der Waals surface area contributed by atoms with E-state index in [2.05, 4.69) is 20.6 Å². The summed E-state index contributed by atoms with van der Waals surface area (Å²) in [6, 6.07) is 4.82. The lowest BCUT2D eigenvalue weighted by Gasteiger charge is -2.05. The highest BCUT2D eigenvalue weighted by molar-refractivity contribution is 7.99. The molecule has 0 atom stereocenters. The first-order valence-corrected chi connectivity index (χ1v) is 5.31. The van der Waals surface area contributed by atoms with Gasteiger partial charge in [-0.15, -0.1) is 0 Å². The van der Waals surface area contributed by atoms with Crippen LogP contribution < -0.4 is 11.3 Å². The number of nitrogen functional groups attached to an aromatic ring is 1. The number of para-hydroxylation sites is 1. The van der Waals surface area contributed by atoms with Gasteiger partial charge in [0.2, 0.25) is 0 Å². The number of hydrogen-bond donors (Lipinski definition) is 3. The van der Waals surface area contributed by atoms with Gasteiger partial charge < -0.3 is 5.43 Å². The molecule has 0 aliphatic rings. The van der Waals surface area contributed by atoms with Crippen molar-refractivity contribution in [3.63, 3.8) is 0 Å². The number of rotatable bonds is 4. The van der Waals surface area contributed by atoms with Crippen LogP contribution in [0.5, 0.6) is 0 Å². The van der Waals surface area contributed by atoms with Crippen LogP contribution >= 0.6 is 11.8 Å². The van der Waals surface area contributed by atoms with Crippen LogP contribution in [0.4, 0.5) is 11.4 Å². The molecule has 0 fully saturated rings. The monoisotopic (exact) mass is 252 g/mol. The first kappa shape index (κ1) is 11.4. The normalized spacial score (nSPS) is 10.2. The largest absolute Gasteiger partial charge is 0.318 e. The van der Waals surface area contributed by atoms with Gasteiger partial charge in [0, 0.05) is 0 Å². The van der Waals surface area contributed by atoms with E-state index in [4.69, 9.17) is 5.84 Å². The van der Waals surface area contributed by atoms with Gasteiger partial charge in [-0.25, -0.2) is 4.98 Å². The second-order valence-electron chi connectivity index (χ2n) is 2.95. The zero-order chi connectivity index (χ0) is 12.3. The van der Waals surface area contributed by atoms with Crippen molar-refractivity contribution < 1.29 is 4.92 Å². The maximum absolute atomic E-state index is 11.0. The molecule has 1 aromatic heterocycles. The van der Waals surface area contributed by atoms with E-state index < -0.39 is 4.92 Å². The number of nitrogens with one attached hydrogen (secondary N) is 2. The smallest absolute Gasteiger partial charge is 0.307 e. The van der Waals surface area contributed by atoms with E-state index in [9.17, 15) is 10.1 Å². The van der Waals surface area contributed by atoms with Crippen molar-refractivity contribution in [1.29, 1.82) is 0 Å². The predicted octanol–water partition coefficient (Wildman–Crippen LogP) is 1.15. The Morgan fingerprint density at radius 2 is 2.35 bits per heavy atom.